The summed E-state index contributed by atoms with van der Waals surface area (Å²) in [6, 6.07) is 5.74. The molecule has 11 heavy (non-hydrogen) atoms. The van der Waals surface area contributed by atoms with Crippen LogP contribution in [0.3, 0.4) is 0 Å². The molecular formula is C8H11BN2. The summed E-state index contributed by atoms with van der Waals surface area (Å²) in [4.78, 5) is 0. The quantitative estimate of drug-likeness (QED) is 0.575. The van der Waals surface area contributed by atoms with Crippen molar-refractivity contribution in [3.63, 3.8) is 0 Å². The smallest absolute Gasteiger partial charge is 0.116 e. The Labute approximate surface area is 68.2 Å². The summed E-state index contributed by atoms with van der Waals surface area (Å²) >= 11 is 0. The first-order chi connectivity index (χ1) is 5.27. The molecule has 0 aliphatic carbocycles. The Kier molecular flexibility index (Phi) is 2.55. The fraction of sp³-hybridized carbons (Fsp3) is 0.250. The minimum atomic E-state index is 0.551. The molecule has 56 valence electrons. The van der Waals surface area contributed by atoms with Crippen molar-refractivity contribution in [2.45, 2.75) is 6.54 Å². The van der Waals surface area contributed by atoms with Crippen LogP contribution in [0.4, 0.5) is 5.69 Å². The topological polar surface area (TPSA) is 38.0 Å². The van der Waals surface area contributed by atoms with Gasteiger partial charge in [0.15, 0.2) is 0 Å². The fourth-order valence-electron chi connectivity index (χ4n) is 0.947. The number of rotatable bonds is 2. The zero-order valence-electron chi connectivity index (χ0n) is 6.59. The molecule has 2 nitrogen and oxygen atoms in total. The number of hydrogen-bond acceptors (Lipinski definition) is 2. The van der Waals surface area contributed by atoms with E-state index in [0.717, 1.165) is 16.7 Å². The molecule has 0 aliphatic rings. The van der Waals surface area contributed by atoms with Gasteiger partial charge in [0.05, 0.1) is 0 Å². The zero-order valence-corrected chi connectivity index (χ0v) is 6.59. The first-order valence-corrected chi connectivity index (χ1v) is 3.54. The molecule has 0 heterocycles. The summed E-state index contributed by atoms with van der Waals surface area (Å²) in [5.41, 5.74) is 8.23. The molecule has 3 heteroatoms. The van der Waals surface area contributed by atoms with Crippen LogP contribution in [-0.4, -0.2) is 14.9 Å². The van der Waals surface area contributed by atoms with Crippen LogP contribution in [0.25, 0.3) is 0 Å². The lowest BCUT2D eigenvalue weighted by atomic mass is 9.93. The van der Waals surface area contributed by atoms with Gasteiger partial charge in [0.2, 0.25) is 0 Å². The minimum absolute atomic E-state index is 0.551. The molecule has 0 saturated carbocycles. The third-order valence-corrected chi connectivity index (χ3v) is 1.62. The third kappa shape index (κ3) is 1.74. The van der Waals surface area contributed by atoms with E-state index in [4.69, 9.17) is 13.6 Å². The van der Waals surface area contributed by atoms with E-state index in [2.05, 4.69) is 5.32 Å². The molecule has 2 radical (unpaired) electrons. The highest BCUT2D eigenvalue weighted by atomic mass is 14.8. The van der Waals surface area contributed by atoms with Gasteiger partial charge in [-0.2, -0.15) is 0 Å². The molecule has 1 aromatic rings. The van der Waals surface area contributed by atoms with E-state index in [1.165, 1.54) is 0 Å². The highest BCUT2D eigenvalue weighted by Gasteiger charge is 1.95. The average Bonchev–Trinajstić information content (AvgIpc) is 2.05. The molecule has 0 fully saturated rings. The Balaban J connectivity index is 3.02. The van der Waals surface area contributed by atoms with E-state index in [1.807, 2.05) is 25.2 Å². The first kappa shape index (κ1) is 8.14. The van der Waals surface area contributed by atoms with Crippen LogP contribution >= 0.6 is 0 Å². The van der Waals surface area contributed by atoms with E-state index >= 15 is 0 Å². The van der Waals surface area contributed by atoms with Crippen LogP contribution in [0.15, 0.2) is 18.2 Å². The fourth-order valence-corrected chi connectivity index (χ4v) is 0.947. The molecule has 0 aromatic heterocycles. The minimum Gasteiger partial charge on any atom is -0.389 e. The standard InChI is InChI=1S/C8H11BN2/c1-11-8-4-6(5-10)2-3-7(8)9/h2-4,11H,5,10H2,1H3. The normalized spacial score (nSPS) is 9.64. The van der Waals surface area contributed by atoms with Crippen molar-refractivity contribution < 1.29 is 0 Å². The summed E-state index contributed by atoms with van der Waals surface area (Å²) in [5, 5.41) is 2.99. The lowest BCUT2D eigenvalue weighted by Gasteiger charge is -2.06. The molecule has 0 spiro atoms. The van der Waals surface area contributed by atoms with Gasteiger partial charge in [-0.15, -0.1) is 0 Å². The second-order valence-electron chi connectivity index (χ2n) is 2.38. The second-order valence-corrected chi connectivity index (χ2v) is 2.38. The summed E-state index contributed by atoms with van der Waals surface area (Å²) in [5.74, 6) is 0. The van der Waals surface area contributed by atoms with Crippen molar-refractivity contribution in [2.75, 3.05) is 12.4 Å². The van der Waals surface area contributed by atoms with Crippen LogP contribution in [0.2, 0.25) is 0 Å². The largest absolute Gasteiger partial charge is 0.389 e. The molecule has 0 saturated heterocycles. The van der Waals surface area contributed by atoms with Crippen LogP contribution < -0.4 is 16.5 Å². The Morgan fingerprint density at radius 2 is 2.27 bits per heavy atom. The van der Waals surface area contributed by atoms with Crippen molar-refractivity contribution >= 4 is 19.0 Å². The van der Waals surface area contributed by atoms with Gasteiger partial charge >= 0.3 is 0 Å². The van der Waals surface area contributed by atoms with Crippen LogP contribution in [0, 0.1) is 0 Å². The molecule has 0 bridgehead atoms. The highest BCUT2D eigenvalue weighted by molar-refractivity contribution is 6.35. The van der Waals surface area contributed by atoms with Gasteiger partial charge in [0.25, 0.3) is 0 Å². The van der Waals surface area contributed by atoms with Gasteiger partial charge in [-0.3, -0.25) is 0 Å². The monoisotopic (exact) mass is 146 g/mol. The van der Waals surface area contributed by atoms with E-state index < -0.39 is 0 Å². The lowest BCUT2D eigenvalue weighted by Crippen LogP contribution is -2.10. The highest BCUT2D eigenvalue weighted by Crippen LogP contribution is 2.05. The summed E-state index contributed by atoms with van der Waals surface area (Å²) in [6.45, 7) is 0.551. The predicted octanol–water partition coefficient (Wildman–Crippen LogP) is -0.0192. The van der Waals surface area contributed by atoms with Gasteiger partial charge in [-0.05, 0) is 11.6 Å². The van der Waals surface area contributed by atoms with Crippen molar-refractivity contribution in [3.8, 4) is 0 Å². The number of anilines is 1. The van der Waals surface area contributed by atoms with Gasteiger partial charge in [0.1, 0.15) is 7.85 Å². The average molecular weight is 146 g/mol. The van der Waals surface area contributed by atoms with Gasteiger partial charge in [0, 0.05) is 19.3 Å². The molecule has 0 aliphatic heterocycles. The van der Waals surface area contributed by atoms with Crippen molar-refractivity contribution in [2.24, 2.45) is 5.73 Å². The molecular weight excluding hydrogens is 135 g/mol. The Hall–Kier alpha value is -0.955. The Morgan fingerprint density at radius 3 is 2.82 bits per heavy atom. The third-order valence-electron chi connectivity index (χ3n) is 1.62. The van der Waals surface area contributed by atoms with Crippen LogP contribution in [0.5, 0.6) is 0 Å². The maximum Gasteiger partial charge on any atom is 0.116 e. The van der Waals surface area contributed by atoms with Crippen LogP contribution in [0.1, 0.15) is 5.56 Å². The van der Waals surface area contributed by atoms with E-state index in [9.17, 15) is 0 Å². The summed E-state index contributed by atoms with van der Waals surface area (Å²) < 4.78 is 0. The number of hydrogen-bond donors (Lipinski definition) is 2. The zero-order chi connectivity index (χ0) is 8.27. The molecule has 3 N–H and O–H groups in total. The SMILES string of the molecule is [B]c1ccc(CN)cc1NC. The Bertz CT molecular complexity index is 248. The number of nitrogens with two attached hydrogens (primary N) is 1. The lowest BCUT2D eigenvalue weighted by molar-refractivity contribution is 1.07. The second kappa shape index (κ2) is 3.44. The van der Waals surface area contributed by atoms with Gasteiger partial charge < -0.3 is 11.1 Å². The Morgan fingerprint density at radius 1 is 1.55 bits per heavy atom. The molecule has 0 amide bonds. The predicted molar refractivity (Wildman–Crippen MR) is 49.3 cm³/mol. The molecule has 0 unspecified atom stereocenters. The van der Waals surface area contributed by atoms with E-state index in [0.29, 0.717) is 6.54 Å². The number of nitrogens with one attached hydrogen (secondary N) is 1. The maximum atomic E-state index is 5.65. The van der Waals surface area contributed by atoms with Crippen molar-refractivity contribution in [1.82, 2.24) is 0 Å². The van der Waals surface area contributed by atoms with Crippen molar-refractivity contribution in [3.05, 3.63) is 23.8 Å². The van der Waals surface area contributed by atoms with Gasteiger partial charge in [-0.1, -0.05) is 17.6 Å². The van der Waals surface area contributed by atoms with Gasteiger partial charge in [-0.25, -0.2) is 0 Å². The number of benzene rings is 1. The summed E-state index contributed by atoms with van der Waals surface area (Å²) in [6.07, 6.45) is 0. The molecule has 1 aromatic carbocycles. The van der Waals surface area contributed by atoms with Crippen molar-refractivity contribution in [1.29, 1.82) is 0 Å². The van der Waals surface area contributed by atoms with E-state index in [1.54, 1.807) is 0 Å². The summed E-state index contributed by atoms with van der Waals surface area (Å²) in [7, 11) is 7.49. The first-order valence-electron chi connectivity index (χ1n) is 3.54. The molecule has 0 atom stereocenters. The van der Waals surface area contributed by atoms with Crippen LogP contribution in [-0.2, 0) is 6.54 Å². The van der Waals surface area contributed by atoms with E-state index in [-0.39, 0.29) is 0 Å². The molecule has 1 rings (SSSR count). The maximum absolute atomic E-state index is 5.65.